The summed E-state index contributed by atoms with van der Waals surface area (Å²) < 4.78 is 0. The molecule has 0 radical (unpaired) electrons. The number of hydrogen-bond acceptors (Lipinski definition) is 2. The summed E-state index contributed by atoms with van der Waals surface area (Å²) in [7, 11) is 0. The van der Waals surface area contributed by atoms with Gasteiger partial charge in [-0.15, -0.1) is 0 Å². The van der Waals surface area contributed by atoms with E-state index in [0.29, 0.717) is 0 Å². The molecule has 4 heteroatoms. The third-order valence-corrected chi connectivity index (χ3v) is 3.95. The molecule has 2 aliphatic rings. The minimum atomic E-state index is 0. The molecular formula is C18H28I2N2-2. The fourth-order valence-corrected chi connectivity index (χ4v) is 2.54. The first kappa shape index (κ1) is 22.0. The van der Waals surface area contributed by atoms with Gasteiger partial charge in [-0.1, -0.05) is 38.8 Å². The zero-order valence-electron chi connectivity index (χ0n) is 13.8. The van der Waals surface area contributed by atoms with Crippen LogP contribution in [-0.2, 0) is 0 Å². The maximum Gasteiger partial charge on any atom is 0.0363 e. The maximum absolute atomic E-state index is 2.40. The minimum absolute atomic E-state index is 0. The Bertz CT molecular complexity index is 385. The van der Waals surface area contributed by atoms with Crippen molar-refractivity contribution in [2.75, 3.05) is 26.2 Å². The van der Waals surface area contributed by atoms with E-state index >= 15 is 0 Å². The molecule has 0 amide bonds. The van der Waals surface area contributed by atoms with Crippen molar-refractivity contribution < 1.29 is 48.0 Å². The highest BCUT2D eigenvalue weighted by atomic mass is 127. The molecule has 2 aliphatic heterocycles. The van der Waals surface area contributed by atoms with Crippen molar-refractivity contribution in [2.45, 2.75) is 39.5 Å². The topological polar surface area (TPSA) is 6.48 Å². The quantitative estimate of drug-likeness (QED) is 0.359. The van der Waals surface area contributed by atoms with Crippen LogP contribution in [0.15, 0.2) is 47.9 Å². The number of halogens is 2. The molecule has 0 N–H and O–H groups in total. The number of rotatable bonds is 7. The lowest BCUT2D eigenvalue weighted by atomic mass is 10.0. The Labute approximate surface area is 170 Å². The smallest absolute Gasteiger partial charge is 0.0363 e. The number of allylic oxidation sites excluding steroid dienone is 4. The van der Waals surface area contributed by atoms with Gasteiger partial charge < -0.3 is 57.8 Å². The van der Waals surface area contributed by atoms with Crippen molar-refractivity contribution >= 4 is 0 Å². The first-order valence-corrected chi connectivity index (χ1v) is 8.08. The predicted molar refractivity (Wildman–Crippen MR) is 87.4 cm³/mol. The third kappa shape index (κ3) is 7.06. The van der Waals surface area contributed by atoms with E-state index < -0.39 is 0 Å². The largest absolute Gasteiger partial charge is 1.00 e. The maximum atomic E-state index is 2.40. The molecular weight excluding hydrogens is 498 g/mol. The van der Waals surface area contributed by atoms with Crippen LogP contribution in [0.25, 0.3) is 0 Å². The zero-order chi connectivity index (χ0) is 14.2. The van der Waals surface area contributed by atoms with Gasteiger partial charge in [0.15, 0.2) is 0 Å². The summed E-state index contributed by atoms with van der Waals surface area (Å²) in [6.07, 6.45) is 18.8. The summed E-state index contributed by atoms with van der Waals surface area (Å²) in [4.78, 5) is 4.79. The lowest BCUT2D eigenvalue weighted by molar-refractivity contribution is -0.00100. The summed E-state index contributed by atoms with van der Waals surface area (Å²) >= 11 is 0. The summed E-state index contributed by atoms with van der Waals surface area (Å²) in [6.45, 7) is 8.95. The van der Waals surface area contributed by atoms with Gasteiger partial charge in [-0.3, -0.25) is 0 Å². The van der Waals surface area contributed by atoms with Crippen LogP contribution in [-0.4, -0.2) is 36.0 Å². The van der Waals surface area contributed by atoms with Crippen molar-refractivity contribution in [3.8, 4) is 0 Å². The highest BCUT2D eigenvalue weighted by Gasteiger charge is 2.10. The Morgan fingerprint density at radius 1 is 0.773 bits per heavy atom. The van der Waals surface area contributed by atoms with Gasteiger partial charge in [0.1, 0.15) is 0 Å². The molecule has 2 nitrogen and oxygen atoms in total. The van der Waals surface area contributed by atoms with Crippen LogP contribution in [0.3, 0.4) is 0 Å². The number of unbranched alkanes of at least 4 members (excludes halogenated alkanes) is 2. The summed E-state index contributed by atoms with van der Waals surface area (Å²) in [5, 5.41) is 0. The molecule has 0 aromatic rings. The average Bonchev–Trinajstić information content (AvgIpc) is 2.52. The van der Waals surface area contributed by atoms with Gasteiger partial charge in [0.05, 0.1) is 0 Å². The molecule has 126 valence electrons. The SMILES string of the molecule is CCCCN1C=CC(C2=CCN(CCCC)C=C2)=CC1.[I-].[I-]. The molecule has 2 heterocycles. The normalized spacial score (nSPS) is 16.6. The molecule has 0 fully saturated rings. The second-order valence-corrected chi connectivity index (χ2v) is 5.65. The highest BCUT2D eigenvalue weighted by molar-refractivity contribution is 5.48. The van der Waals surface area contributed by atoms with Crippen LogP contribution in [0, 0.1) is 0 Å². The summed E-state index contributed by atoms with van der Waals surface area (Å²) in [6, 6.07) is 0. The fraction of sp³-hybridized carbons (Fsp3) is 0.556. The molecule has 0 saturated heterocycles. The van der Waals surface area contributed by atoms with E-state index in [0.717, 1.165) is 13.1 Å². The Balaban J connectivity index is 0.00000220. The molecule has 0 unspecified atom stereocenters. The number of nitrogens with zero attached hydrogens (tertiary/aromatic N) is 2. The summed E-state index contributed by atoms with van der Waals surface area (Å²) in [5.41, 5.74) is 2.76. The van der Waals surface area contributed by atoms with Crippen molar-refractivity contribution in [3.63, 3.8) is 0 Å². The van der Waals surface area contributed by atoms with Gasteiger partial charge >= 0.3 is 0 Å². The molecule has 22 heavy (non-hydrogen) atoms. The molecule has 0 aromatic heterocycles. The average molecular weight is 526 g/mol. The van der Waals surface area contributed by atoms with E-state index in [1.54, 1.807) is 0 Å². The predicted octanol–water partition coefficient (Wildman–Crippen LogP) is -1.89. The van der Waals surface area contributed by atoms with Crippen molar-refractivity contribution in [2.24, 2.45) is 0 Å². The lowest BCUT2D eigenvalue weighted by Crippen LogP contribution is -3.00. The second-order valence-electron chi connectivity index (χ2n) is 5.65. The van der Waals surface area contributed by atoms with E-state index in [9.17, 15) is 0 Å². The minimum Gasteiger partial charge on any atom is -1.00 e. The van der Waals surface area contributed by atoms with Crippen LogP contribution < -0.4 is 48.0 Å². The second kappa shape index (κ2) is 12.4. The first-order valence-electron chi connectivity index (χ1n) is 8.08. The van der Waals surface area contributed by atoms with Crippen LogP contribution in [0.4, 0.5) is 0 Å². The van der Waals surface area contributed by atoms with Crippen molar-refractivity contribution in [3.05, 3.63) is 47.9 Å². The van der Waals surface area contributed by atoms with E-state index in [2.05, 4.69) is 60.4 Å². The van der Waals surface area contributed by atoms with Gasteiger partial charge in [0.25, 0.3) is 0 Å². The van der Waals surface area contributed by atoms with Crippen LogP contribution >= 0.6 is 0 Å². The molecule has 0 atom stereocenters. The van der Waals surface area contributed by atoms with Gasteiger partial charge in [-0.2, -0.15) is 0 Å². The first-order chi connectivity index (χ1) is 9.83. The third-order valence-electron chi connectivity index (χ3n) is 3.95. The Kier molecular flexibility index (Phi) is 12.5. The molecule has 0 bridgehead atoms. The Morgan fingerprint density at radius 2 is 1.18 bits per heavy atom. The Morgan fingerprint density at radius 3 is 1.45 bits per heavy atom. The number of hydrogen-bond donors (Lipinski definition) is 0. The van der Waals surface area contributed by atoms with E-state index in [4.69, 9.17) is 0 Å². The van der Waals surface area contributed by atoms with Crippen LogP contribution in [0.2, 0.25) is 0 Å². The Hall–Kier alpha value is 0.0200. The van der Waals surface area contributed by atoms with Gasteiger partial charge in [0.2, 0.25) is 0 Å². The molecule has 0 saturated carbocycles. The fourth-order valence-electron chi connectivity index (χ4n) is 2.54. The van der Waals surface area contributed by atoms with Gasteiger partial charge in [-0.05, 0) is 48.5 Å². The molecule has 0 aliphatic carbocycles. The van der Waals surface area contributed by atoms with Gasteiger partial charge in [-0.25, -0.2) is 0 Å². The van der Waals surface area contributed by atoms with E-state index in [1.165, 1.54) is 49.9 Å². The van der Waals surface area contributed by atoms with Crippen LogP contribution in [0.5, 0.6) is 0 Å². The van der Waals surface area contributed by atoms with E-state index in [-0.39, 0.29) is 48.0 Å². The molecule has 0 aromatic carbocycles. The van der Waals surface area contributed by atoms with Crippen molar-refractivity contribution in [1.82, 2.24) is 9.80 Å². The van der Waals surface area contributed by atoms with E-state index in [1.807, 2.05) is 0 Å². The molecule has 2 rings (SSSR count). The summed E-state index contributed by atoms with van der Waals surface area (Å²) in [5.74, 6) is 0. The monoisotopic (exact) mass is 526 g/mol. The lowest BCUT2D eigenvalue weighted by Gasteiger charge is -2.25. The standard InChI is InChI=1S/C18H28N2.2HI/c1-3-5-11-19-13-7-17(8-14-19)18-9-15-20(16-10-18)12-6-4-2;;/h7-10,13,15H,3-6,11-12,14,16H2,1-2H3;2*1H/p-2. The molecule has 0 spiro atoms. The van der Waals surface area contributed by atoms with Crippen molar-refractivity contribution in [1.29, 1.82) is 0 Å². The highest BCUT2D eigenvalue weighted by Crippen LogP contribution is 2.20. The van der Waals surface area contributed by atoms with Gasteiger partial charge in [0, 0.05) is 26.2 Å². The zero-order valence-corrected chi connectivity index (χ0v) is 18.1. The van der Waals surface area contributed by atoms with Crippen LogP contribution in [0.1, 0.15) is 39.5 Å².